The van der Waals surface area contributed by atoms with Gasteiger partial charge in [-0.25, -0.2) is 0 Å². The molecule has 5 nitrogen and oxygen atoms in total. The predicted molar refractivity (Wildman–Crippen MR) is 73.5 cm³/mol. The molecule has 0 saturated carbocycles. The van der Waals surface area contributed by atoms with Gasteiger partial charge in [0.15, 0.2) is 11.5 Å². The Bertz CT molecular complexity index is 478. The Balaban J connectivity index is 2.27. The lowest BCUT2D eigenvalue weighted by Crippen LogP contribution is -2.14. The van der Waals surface area contributed by atoms with E-state index in [1.165, 1.54) is 0 Å². The second-order valence-electron chi connectivity index (χ2n) is 4.38. The number of hydrogen-bond acceptors (Lipinski definition) is 4. The highest BCUT2D eigenvalue weighted by Gasteiger charge is 2.21. The molecule has 0 radical (unpaired) electrons. The molecule has 1 heterocycles. The van der Waals surface area contributed by atoms with E-state index in [4.69, 9.17) is 20.3 Å². The summed E-state index contributed by atoms with van der Waals surface area (Å²) >= 11 is 3.42. The first-order valence-corrected chi connectivity index (χ1v) is 6.94. The van der Waals surface area contributed by atoms with Gasteiger partial charge in [-0.05, 0) is 28.4 Å². The molecule has 0 bridgehead atoms. The molecule has 0 saturated heterocycles. The second-order valence-corrected chi connectivity index (χ2v) is 5.24. The highest BCUT2D eigenvalue weighted by atomic mass is 79.9. The van der Waals surface area contributed by atoms with Crippen molar-refractivity contribution >= 4 is 21.9 Å². The van der Waals surface area contributed by atoms with Crippen molar-refractivity contribution in [1.29, 1.82) is 0 Å². The van der Waals surface area contributed by atoms with Crippen molar-refractivity contribution in [2.75, 3.05) is 13.2 Å². The third kappa shape index (κ3) is 3.39. The quantitative estimate of drug-likeness (QED) is 0.886. The maximum atomic E-state index is 10.6. The number of ether oxygens (including phenoxy) is 2. The average molecular weight is 330 g/mol. The van der Waals surface area contributed by atoms with Gasteiger partial charge in [-0.3, -0.25) is 4.79 Å². The number of aliphatic carboxylic acids is 1. The van der Waals surface area contributed by atoms with Crippen molar-refractivity contribution in [3.63, 3.8) is 0 Å². The van der Waals surface area contributed by atoms with Gasteiger partial charge in [0.1, 0.15) is 0 Å². The lowest BCUT2D eigenvalue weighted by molar-refractivity contribution is -0.137. The van der Waals surface area contributed by atoms with Crippen LogP contribution in [0.15, 0.2) is 16.6 Å². The van der Waals surface area contributed by atoms with Crippen molar-refractivity contribution in [2.45, 2.75) is 25.3 Å². The molecule has 0 spiro atoms. The molecule has 19 heavy (non-hydrogen) atoms. The van der Waals surface area contributed by atoms with E-state index in [0.29, 0.717) is 31.1 Å². The van der Waals surface area contributed by atoms with E-state index in [9.17, 15) is 4.79 Å². The summed E-state index contributed by atoms with van der Waals surface area (Å²) in [5.41, 5.74) is 6.85. The summed E-state index contributed by atoms with van der Waals surface area (Å²) in [5, 5.41) is 8.72. The van der Waals surface area contributed by atoms with Crippen LogP contribution < -0.4 is 15.2 Å². The Morgan fingerprint density at radius 3 is 2.74 bits per heavy atom. The molecule has 104 valence electrons. The van der Waals surface area contributed by atoms with Crippen molar-refractivity contribution in [3.8, 4) is 11.5 Å². The van der Waals surface area contributed by atoms with Crippen LogP contribution in [-0.2, 0) is 4.79 Å². The number of fused-ring (bicyclic) bond motifs is 1. The minimum atomic E-state index is -0.851. The van der Waals surface area contributed by atoms with Crippen LogP contribution in [0, 0.1) is 0 Å². The molecule has 0 amide bonds. The highest BCUT2D eigenvalue weighted by Crippen LogP contribution is 2.42. The molecule has 1 unspecified atom stereocenters. The molecule has 1 aromatic rings. The Hall–Kier alpha value is -1.27. The van der Waals surface area contributed by atoms with Crippen LogP contribution in [0.1, 0.15) is 30.9 Å². The lowest BCUT2D eigenvalue weighted by atomic mass is 10.0. The van der Waals surface area contributed by atoms with E-state index < -0.39 is 5.97 Å². The summed E-state index contributed by atoms with van der Waals surface area (Å²) in [6.07, 6.45) is 1.21. The Morgan fingerprint density at radius 1 is 1.37 bits per heavy atom. The maximum Gasteiger partial charge on any atom is 0.303 e. The van der Waals surface area contributed by atoms with Gasteiger partial charge >= 0.3 is 5.97 Å². The van der Waals surface area contributed by atoms with Gasteiger partial charge in [-0.15, -0.1) is 0 Å². The normalized spacial score (nSPS) is 15.7. The molecular formula is C13H16BrNO4. The minimum absolute atomic E-state index is 0.0346. The van der Waals surface area contributed by atoms with Gasteiger partial charge in [-0.1, -0.05) is 6.07 Å². The monoisotopic (exact) mass is 329 g/mol. The molecule has 1 aliphatic rings. The van der Waals surface area contributed by atoms with Crippen molar-refractivity contribution in [3.05, 3.63) is 22.2 Å². The summed E-state index contributed by atoms with van der Waals surface area (Å²) in [7, 11) is 0. The van der Waals surface area contributed by atoms with Crippen molar-refractivity contribution in [1.82, 2.24) is 0 Å². The summed E-state index contributed by atoms with van der Waals surface area (Å²) in [6, 6.07) is 3.33. The molecule has 1 aromatic carbocycles. The average Bonchev–Trinajstić information content (AvgIpc) is 2.62. The number of benzene rings is 1. The van der Waals surface area contributed by atoms with Crippen LogP contribution in [-0.4, -0.2) is 24.3 Å². The minimum Gasteiger partial charge on any atom is -0.489 e. The fourth-order valence-electron chi connectivity index (χ4n) is 1.97. The third-order valence-corrected chi connectivity index (χ3v) is 3.57. The molecule has 0 fully saturated rings. The zero-order valence-corrected chi connectivity index (χ0v) is 12.0. The van der Waals surface area contributed by atoms with E-state index in [0.717, 1.165) is 16.5 Å². The molecule has 2 rings (SSSR count). The molecule has 6 heteroatoms. The van der Waals surface area contributed by atoms with Gasteiger partial charge in [-0.2, -0.15) is 0 Å². The Kier molecular flexibility index (Phi) is 4.66. The lowest BCUT2D eigenvalue weighted by Gasteiger charge is -2.18. The zero-order chi connectivity index (χ0) is 13.8. The van der Waals surface area contributed by atoms with Crippen LogP contribution in [0.25, 0.3) is 0 Å². The maximum absolute atomic E-state index is 10.6. The van der Waals surface area contributed by atoms with E-state index in [1.54, 1.807) is 0 Å². The molecule has 0 aliphatic carbocycles. The zero-order valence-electron chi connectivity index (χ0n) is 10.4. The predicted octanol–water partition coefficient (Wildman–Crippen LogP) is 2.48. The Morgan fingerprint density at radius 2 is 2.05 bits per heavy atom. The van der Waals surface area contributed by atoms with E-state index in [1.807, 2.05) is 12.1 Å². The van der Waals surface area contributed by atoms with Crippen LogP contribution in [0.5, 0.6) is 11.5 Å². The number of hydrogen-bond donors (Lipinski definition) is 2. The first kappa shape index (κ1) is 14.1. The smallest absolute Gasteiger partial charge is 0.303 e. The third-order valence-electron chi connectivity index (χ3n) is 2.94. The van der Waals surface area contributed by atoms with Gasteiger partial charge < -0.3 is 20.3 Å². The Labute approximate surface area is 119 Å². The molecule has 0 aromatic heterocycles. The summed E-state index contributed by atoms with van der Waals surface area (Å²) in [6.45, 7) is 1.17. The standard InChI is InChI=1S/C13H16BrNO4/c14-9-3-2-8(10(15)4-5-11(16)17)12-13(9)19-7-1-6-18-12/h2-3,10H,1,4-7,15H2,(H,16,17). The summed E-state index contributed by atoms with van der Waals surface area (Å²) < 4.78 is 12.2. The van der Waals surface area contributed by atoms with Crippen LogP contribution >= 0.6 is 15.9 Å². The number of rotatable bonds is 4. The second kappa shape index (κ2) is 6.25. The van der Waals surface area contributed by atoms with Gasteiger partial charge in [0.25, 0.3) is 0 Å². The number of carboxylic acids is 1. The first-order chi connectivity index (χ1) is 9.09. The van der Waals surface area contributed by atoms with E-state index >= 15 is 0 Å². The van der Waals surface area contributed by atoms with Crippen LogP contribution in [0.2, 0.25) is 0 Å². The number of carboxylic acid groups (broad SMARTS) is 1. The largest absolute Gasteiger partial charge is 0.489 e. The fraction of sp³-hybridized carbons (Fsp3) is 0.462. The first-order valence-electron chi connectivity index (χ1n) is 6.15. The fourth-order valence-corrected chi connectivity index (χ4v) is 2.40. The summed E-state index contributed by atoms with van der Waals surface area (Å²) in [5.74, 6) is 0.432. The van der Waals surface area contributed by atoms with E-state index in [2.05, 4.69) is 15.9 Å². The molecule has 1 aliphatic heterocycles. The van der Waals surface area contributed by atoms with E-state index in [-0.39, 0.29) is 12.5 Å². The van der Waals surface area contributed by atoms with Crippen LogP contribution in [0.3, 0.4) is 0 Å². The van der Waals surface area contributed by atoms with Crippen molar-refractivity contribution < 1.29 is 19.4 Å². The van der Waals surface area contributed by atoms with Crippen molar-refractivity contribution in [2.24, 2.45) is 5.73 Å². The van der Waals surface area contributed by atoms with Gasteiger partial charge in [0.2, 0.25) is 0 Å². The van der Waals surface area contributed by atoms with Gasteiger partial charge in [0, 0.05) is 24.4 Å². The number of carbonyl (C=O) groups is 1. The highest BCUT2D eigenvalue weighted by molar-refractivity contribution is 9.10. The SMILES string of the molecule is NC(CCC(=O)O)c1ccc(Br)c2c1OCCCO2. The summed E-state index contributed by atoms with van der Waals surface area (Å²) in [4.78, 5) is 10.6. The topological polar surface area (TPSA) is 81.8 Å². The molecular weight excluding hydrogens is 314 g/mol. The molecule has 1 atom stereocenters. The molecule has 3 N–H and O–H groups in total. The van der Waals surface area contributed by atoms with Gasteiger partial charge in [0.05, 0.1) is 17.7 Å². The number of nitrogens with two attached hydrogens (primary N) is 1. The number of halogens is 1. The van der Waals surface area contributed by atoms with Crippen LogP contribution in [0.4, 0.5) is 0 Å².